The fraction of sp³-hybridized carbons (Fsp3) is 1.00. The van der Waals surface area contributed by atoms with Crippen molar-refractivity contribution in [3.05, 3.63) is 0 Å². The van der Waals surface area contributed by atoms with Crippen molar-refractivity contribution >= 4 is 20.1 Å². The lowest BCUT2D eigenvalue weighted by Crippen LogP contribution is -2.33. The van der Waals surface area contributed by atoms with Gasteiger partial charge in [0.2, 0.25) is 10.0 Å². The highest BCUT2D eigenvalue weighted by Gasteiger charge is 2.10. The van der Waals surface area contributed by atoms with Crippen LogP contribution in [0, 0.1) is 0 Å². The first-order valence-corrected chi connectivity index (χ1v) is 6.65. The lowest BCUT2D eigenvalue weighted by molar-refractivity contribution is 0.482. The second-order valence-corrected chi connectivity index (χ2v) is 5.79. The highest BCUT2D eigenvalue weighted by atomic mass is 32.2. The minimum absolute atomic E-state index is 0.0405. The fourth-order valence-electron chi connectivity index (χ4n) is 0.553. The van der Waals surface area contributed by atoms with E-state index in [1.807, 2.05) is 4.72 Å². The molecular weight excluding hydrogens is 220 g/mol. The molecule has 0 fully saturated rings. The highest BCUT2D eigenvalue weighted by Crippen LogP contribution is 1.84. The summed E-state index contributed by atoms with van der Waals surface area (Å²) < 4.78 is 52.3. The van der Waals surface area contributed by atoms with Gasteiger partial charge in [-0.25, -0.2) is 13.1 Å². The van der Waals surface area contributed by atoms with Crippen LogP contribution in [0.5, 0.6) is 0 Å². The number of rotatable bonds is 6. The maximum atomic E-state index is 10.8. The van der Waals surface area contributed by atoms with E-state index >= 15 is 0 Å². The maximum absolute atomic E-state index is 10.8. The van der Waals surface area contributed by atoms with Gasteiger partial charge in [-0.15, -0.1) is 0 Å². The monoisotopic (exact) mass is 232 g/mol. The predicted octanol–water partition coefficient (Wildman–Crippen LogP) is -2.25. The van der Waals surface area contributed by atoms with E-state index in [1.165, 1.54) is 0 Å². The van der Waals surface area contributed by atoms with E-state index in [0.717, 1.165) is 0 Å². The van der Waals surface area contributed by atoms with Crippen molar-refractivity contribution in [2.75, 3.05) is 24.6 Å². The predicted molar refractivity (Wildman–Crippen MR) is 47.3 cm³/mol. The minimum atomic E-state index is -4.12. The van der Waals surface area contributed by atoms with Gasteiger partial charge in [0.15, 0.2) is 0 Å². The third kappa shape index (κ3) is 8.12. The molecule has 4 N–H and O–H groups in total. The topological polar surface area (TPSA) is 127 Å². The summed E-state index contributed by atoms with van der Waals surface area (Å²) in [5.41, 5.74) is 4.99. The summed E-state index contributed by atoms with van der Waals surface area (Å²) >= 11 is 0. The van der Waals surface area contributed by atoms with E-state index in [0.29, 0.717) is 0 Å². The number of nitrogens with one attached hydrogen (secondary N) is 1. The number of sulfonamides is 1. The maximum Gasteiger partial charge on any atom is 0.266 e. The first-order chi connectivity index (χ1) is 5.77. The zero-order valence-electron chi connectivity index (χ0n) is 6.80. The molecule has 0 radical (unpaired) electrons. The molecule has 0 aromatic carbocycles. The Morgan fingerprint density at radius 2 is 1.69 bits per heavy atom. The summed E-state index contributed by atoms with van der Waals surface area (Å²) in [6.07, 6.45) is 0. The molecule has 0 aliphatic heterocycles. The molecule has 0 aromatic rings. The number of hydrogen-bond donors (Lipinski definition) is 3. The Morgan fingerprint density at radius 1 is 1.15 bits per heavy atom. The molecule has 0 bridgehead atoms. The van der Waals surface area contributed by atoms with E-state index in [-0.39, 0.29) is 18.8 Å². The molecule has 9 heteroatoms. The van der Waals surface area contributed by atoms with Gasteiger partial charge in [0, 0.05) is 13.1 Å². The molecule has 80 valence electrons. The second-order valence-electron chi connectivity index (χ2n) is 2.29. The van der Waals surface area contributed by atoms with Gasteiger partial charge in [0.25, 0.3) is 10.1 Å². The van der Waals surface area contributed by atoms with Crippen molar-refractivity contribution in [2.24, 2.45) is 5.73 Å². The van der Waals surface area contributed by atoms with Gasteiger partial charge < -0.3 is 5.73 Å². The van der Waals surface area contributed by atoms with Crippen LogP contribution in [0.3, 0.4) is 0 Å². The first-order valence-electron chi connectivity index (χ1n) is 3.39. The molecule has 7 nitrogen and oxygen atoms in total. The van der Waals surface area contributed by atoms with Gasteiger partial charge in [-0.2, -0.15) is 8.42 Å². The van der Waals surface area contributed by atoms with Crippen LogP contribution in [0.4, 0.5) is 0 Å². The number of hydrogen-bond acceptors (Lipinski definition) is 5. The Labute approximate surface area is 77.1 Å². The third-order valence-corrected chi connectivity index (χ3v) is 3.21. The van der Waals surface area contributed by atoms with Gasteiger partial charge in [-0.3, -0.25) is 4.55 Å². The van der Waals surface area contributed by atoms with Crippen molar-refractivity contribution in [3.8, 4) is 0 Å². The molecule has 0 saturated carbocycles. The van der Waals surface area contributed by atoms with Crippen LogP contribution in [0.2, 0.25) is 0 Å². The van der Waals surface area contributed by atoms with E-state index in [2.05, 4.69) is 0 Å². The van der Waals surface area contributed by atoms with Crippen LogP contribution in [-0.2, 0) is 20.1 Å². The van der Waals surface area contributed by atoms with Crippen LogP contribution in [-0.4, -0.2) is 46.0 Å². The highest BCUT2D eigenvalue weighted by molar-refractivity contribution is 7.89. The minimum Gasteiger partial charge on any atom is -0.329 e. The van der Waals surface area contributed by atoms with Gasteiger partial charge >= 0.3 is 0 Å². The van der Waals surface area contributed by atoms with Gasteiger partial charge in [-0.1, -0.05) is 0 Å². The van der Waals surface area contributed by atoms with Gasteiger partial charge in [0.1, 0.15) is 0 Å². The Balaban J connectivity index is 3.91. The van der Waals surface area contributed by atoms with Gasteiger partial charge in [0.05, 0.1) is 11.5 Å². The standard InChI is InChI=1S/C4H12N2O5S2/c5-1-3-12(7,8)6-2-4-13(9,10)11/h6H,1-5H2,(H,9,10,11). The van der Waals surface area contributed by atoms with Crippen LogP contribution < -0.4 is 10.5 Å². The van der Waals surface area contributed by atoms with Crippen molar-refractivity contribution in [1.29, 1.82) is 0 Å². The molecule has 0 amide bonds. The number of nitrogens with two attached hydrogens (primary N) is 1. The first kappa shape index (κ1) is 12.8. The van der Waals surface area contributed by atoms with Crippen LogP contribution >= 0.6 is 0 Å². The molecule has 0 aliphatic carbocycles. The lowest BCUT2D eigenvalue weighted by atomic mass is 10.8. The van der Waals surface area contributed by atoms with Gasteiger partial charge in [-0.05, 0) is 0 Å². The summed E-state index contributed by atoms with van der Waals surface area (Å²) in [5.74, 6) is -0.907. The van der Waals surface area contributed by atoms with Crippen LogP contribution in [0.1, 0.15) is 0 Å². The summed E-state index contributed by atoms with van der Waals surface area (Å²) in [5, 5.41) is 0. The molecule has 13 heavy (non-hydrogen) atoms. The van der Waals surface area contributed by atoms with Crippen molar-refractivity contribution in [1.82, 2.24) is 4.72 Å². The molecule has 0 heterocycles. The quantitative estimate of drug-likeness (QED) is 0.444. The normalized spacial score (nSPS) is 13.1. The second kappa shape index (κ2) is 4.86. The lowest BCUT2D eigenvalue weighted by Gasteiger charge is -2.03. The van der Waals surface area contributed by atoms with E-state index in [4.69, 9.17) is 10.3 Å². The SMILES string of the molecule is NCCS(=O)(=O)NCCS(=O)(=O)O. The molecule has 0 rings (SSSR count). The Kier molecular flexibility index (Phi) is 4.78. The Bertz CT molecular complexity index is 332. The van der Waals surface area contributed by atoms with E-state index in [9.17, 15) is 16.8 Å². The smallest absolute Gasteiger partial charge is 0.266 e. The molecule has 0 atom stereocenters. The molecule has 0 spiro atoms. The molecule has 0 saturated heterocycles. The van der Waals surface area contributed by atoms with Crippen molar-refractivity contribution in [3.63, 3.8) is 0 Å². The zero-order chi connectivity index (χ0) is 10.5. The molecule has 0 unspecified atom stereocenters. The third-order valence-electron chi connectivity index (χ3n) is 1.07. The van der Waals surface area contributed by atoms with Crippen LogP contribution in [0.25, 0.3) is 0 Å². The molecule has 0 aliphatic rings. The summed E-state index contributed by atoms with van der Waals surface area (Å²) in [6, 6.07) is 0. The van der Waals surface area contributed by atoms with Crippen molar-refractivity contribution in [2.45, 2.75) is 0 Å². The summed E-state index contributed by atoms with van der Waals surface area (Å²) in [7, 11) is -7.62. The van der Waals surface area contributed by atoms with E-state index < -0.39 is 25.9 Å². The zero-order valence-corrected chi connectivity index (χ0v) is 8.44. The Hall–Kier alpha value is -0.220. The van der Waals surface area contributed by atoms with E-state index in [1.54, 1.807) is 0 Å². The van der Waals surface area contributed by atoms with Crippen molar-refractivity contribution < 1.29 is 21.4 Å². The summed E-state index contributed by atoms with van der Waals surface area (Å²) in [4.78, 5) is 0. The van der Waals surface area contributed by atoms with Crippen LogP contribution in [0.15, 0.2) is 0 Å². The summed E-state index contributed by atoms with van der Waals surface area (Å²) in [6.45, 7) is -0.387. The Morgan fingerprint density at radius 3 is 2.08 bits per heavy atom. The fourth-order valence-corrected chi connectivity index (χ4v) is 1.91. The average Bonchev–Trinajstić information content (AvgIpc) is 1.82. The molecule has 0 aromatic heterocycles. The average molecular weight is 232 g/mol. The largest absolute Gasteiger partial charge is 0.329 e. The molecular formula is C4H12N2O5S2.